The molecule has 1 aromatic carbocycles. The number of hydrogen-bond donors (Lipinski definition) is 1. The minimum atomic E-state index is -0.0701. The van der Waals surface area contributed by atoms with Crippen molar-refractivity contribution in [1.29, 1.82) is 0 Å². The fourth-order valence-electron chi connectivity index (χ4n) is 2.52. The first-order valence-corrected chi connectivity index (χ1v) is 8.75. The van der Waals surface area contributed by atoms with Crippen LogP contribution in [0.2, 0.25) is 5.02 Å². The van der Waals surface area contributed by atoms with E-state index >= 15 is 0 Å². The van der Waals surface area contributed by atoms with Gasteiger partial charge in [0.1, 0.15) is 0 Å². The van der Waals surface area contributed by atoms with Gasteiger partial charge in [0.15, 0.2) is 0 Å². The van der Waals surface area contributed by atoms with Crippen LogP contribution < -0.4 is 5.32 Å². The van der Waals surface area contributed by atoms with Crippen molar-refractivity contribution in [3.05, 3.63) is 34.3 Å². The van der Waals surface area contributed by atoms with Gasteiger partial charge in [-0.2, -0.15) is 11.8 Å². The molecule has 0 aliphatic heterocycles. The van der Waals surface area contributed by atoms with Crippen molar-refractivity contribution in [3.8, 4) is 0 Å². The van der Waals surface area contributed by atoms with Crippen LogP contribution in [0.4, 0.5) is 0 Å². The maximum Gasteiger partial charge on any atom is 0.252 e. The highest BCUT2D eigenvalue weighted by atomic mass is 35.5. The molecule has 0 aromatic heterocycles. The average Bonchev–Trinajstić information content (AvgIpc) is 2.44. The first-order chi connectivity index (χ1) is 9.66. The second kappa shape index (κ2) is 7.94. The lowest BCUT2D eigenvalue weighted by Crippen LogP contribution is -2.26. The molecule has 1 aromatic rings. The second-order valence-corrected chi connectivity index (χ2v) is 7.19. The van der Waals surface area contributed by atoms with Crippen molar-refractivity contribution in [2.75, 3.05) is 12.3 Å². The highest BCUT2D eigenvalue weighted by molar-refractivity contribution is 7.99. The first kappa shape index (κ1) is 15.7. The number of aryl methyl sites for hydroxylation is 1. The summed E-state index contributed by atoms with van der Waals surface area (Å²) in [5.74, 6) is 0.916. The molecular weight excluding hydrogens is 290 g/mol. The zero-order valence-electron chi connectivity index (χ0n) is 12.0. The van der Waals surface area contributed by atoms with Gasteiger partial charge in [-0.25, -0.2) is 0 Å². The molecule has 0 unspecified atom stereocenters. The van der Waals surface area contributed by atoms with Crippen molar-refractivity contribution in [2.45, 2.75) is 44.3 Å². The predicted octanol–water partition coefficient (Wildman–Crippen LogP) is 4.44. The van der Waals surface area contributed by atoms with Crippen molar-refractivity contribution < 1.29 is 4.79 Å². The Hall–Kier alpha value is -0.670. The zero-order valence-corrected chi connectivity index (χ0v) is 13.5. The Balaban J connectivity index is 1.72. The smallest absolute Gasteiger partial charge is 0.252 e. The van der Waals surface area contributed by atoms with Gasteiger partial charge >= 0.3 is 0 Å². The van der Waals surface area contributed by atoms with Gasteiger partial charge in [-0.05, 0) is 37.5 Å². The topological polar surface area (TPSA) is 29.1 Å². The molecule has 1 amide bonds. The molecule has 0 heterocycles. The molecule has 0 spiro atoms. The fraction of sp³-hybridized carbons (Fsp3) is 0.562. The molecule has 1 saturated carbocycles. The molecule has 1 N–H and O–H groups in total. The van der Waals surface area contributed by atoms with E-state index in [0.717, 1.165) is 16.6 Å². The Kier molecular flexibility index (Phi) is 6.24. The zero-order chi connectivity index (χ0) is 14.4. The van der Waals surface area contributed by atoms with Gasteiger partial charge in [-0.15, -0.1) is 0 Å². The molecule has 20 heavy (non-hydrogen) atoms. The monoisotopic (exact) mass is 311 g/mol. The SMILES string of the molecule is Cc1ccc(C(=O)NCCSC2CCCCC2)c(Cl)c1. The summed E-state index contributed by atoms with van der Waals surface area (Å²) in [6.45, 7) is 2.68. The predicted molar refractivity (Wildman–Crippen MR) is 87.9 cm³/mol. The van der Waals surface area contributed by atoms with Crippen molar-refractivity contribution in [2.24, 2.45) is 0 Å². The highest BCUT2D eigenvalue weighted by Gasteiger charge is 2.14. The molecule has 1 aliphatic carbocycles. The summed E-state index contributed by atoms with van der Waals surface area (Å²) in [4.78, 5) is 12.0. The average molecular weight is 312 g/mol. The summed E-state index contributed by atoms with van der Waals surface area (Å²) >= 11 is 8.09. The first-order valence-electron chi connectivity index (χ1n) is 7.33. The Morgan fingerprint density at radius 1 is 1.35 bits per heavy atom. The van der Waals surface area contributed by atoms with Crippen LogP contribution in [-0.4, -0.2) is 23.5 Å². The summed E-state index contributed by atoms with van der Waals surface area (Å²) in [6, 6.07) is 5.53. The lowest BCUT2D eigenvalue weighted by molar-refractivity contribution is 0.0956. The molecule has 1 aliphatic rings. The lowest BCUT2D eigenvalue weighted by Gasteiger charge is -2.20. The summed E-state index contributed by atoms with van der Waals surface area (Å²) in [5.41, 5.74) is 1.64. The van der Waals surface area contributed by atoms with Crippen molar-refractivity contribution in [1.82, 2.24) is 5.32 Å². The van der Waals surface area contributed by atoms with Crippen LogP contribution in [0.1, 0.15) is 48.0 Å². The Morgan fingerprint density at radius 2 is 2.10 bits per heavy atom. The maximum absolute atomic E-state index is 12.0. The minimum Gasteiger partial charge on any atom is -0.351 e. The summed E-state index contributed by atoms with van der Waals surface area (Å²) in [6.07, 6.45) is 6.79. The van der Waals surface area contributed by atoms with Crippen LogP contribution in [0.25, 0.3) is 0 Å². The van der Waals surface area contributed by atoms with Gasteiger partial charge in [0.25, 0.3) is 5.91 Å². The number of nitrogens with one attached hydrogen (secondary N) is 1. The van der Waals surface area contributed by atoms with Gasteiger partial charge in [-0.3, -0.25) is 4.79 Å². The Bertz CT molecular complexity index is 458. The van der Waals surface area contributed by atoms with Crippen LogP contribution in [0.3, 0.4) is 0 Å². The third-order valence-corrected chi connectivity index (χ3v) is 5.36. The molecule has 0 atom stereocenters. The van der Waals surface area contributed by atoms with E-state index in [1.165, 1.54) is 32.1 Å². The van der Waals surface area contributed by atoms with E-state index in [2.05, 4.69) is 5.32 Å². The number of halogens is 1. The van der Waals surface area contributed by atoms with Gasteiger partial charge in [0, 0.05) is 17.5 Å². The van der Waals surface area contributed by atoms with Crippen LogP contribution in [0.5, 0.6) is 0 Å². The van der Waals surface area contributed by atoms with E-state index in [1.807, 2.05) is 30.8 Å². The molecule has 0 radical (unpaired) electrons. The second-order valence-electron chi connectivity index (χ2n) is 5.37. The number of thioether (sulfide) groups is 1. The molecule has 0 saturated heterocycles. The summed E-state index contributed by atoms with van der Waals surface area (Å²) in [7, 11) is 0. The molecule has 110 valence electrons. The molecule has 0 bridgehead atoms. The van der Waals surface area contributed by atoms with E-state index in [9.17, 15) is 4.79 Å². The molecular formula is C16H22ClNOS. The molecule has 1 fully saturated rings. The van der Waals surface area contributed by atoms with E-state index in [1.54, 1.807) is 6.07 Å². The maximum atomic E-state index is 12.0. The van der Waals surface area contributed by atoms with Crippen molar-refractivity contribution >= 4 is 29.3 Å². The third kappa shape index (κ3) is 4.71. The quantitative estimate of drug-likeness (QED) is 0.814. The number of amides is 1. The largest absolute Gasteiger partial charge is 0.351 e. The summed E-state index contributed by atoms with van der Waals surface area (Å²) < 4.78 is 0. The molecule has 4 heteroatoms. The molecule has 2 nitrogen and oxygen atoms in total. The van der Waals surface area contributed by atoms with E-state index in [0.29, 0.717) is 17.1 Å². The summed E-state index contributed by atoms with van der Waals surface area (Å²) in [5, 5.41) is 4.28. The van der Waals surface area contributed by atoms with Crippen LogP contribution in [-0.2, 0) is 0 Å². The third-order valence-electron chi connectivity index (χ3n) is 3.66. The number of rotatable bonds is 5. The van der Waals surface area contributed by atoms with E-state index in [-0.39, 0.29) is 5.91 Å². The van der Waals surface area contributed by atoms with Crippen molar-refractivity contribution in [3.63, 3.8) is 0 Å². The number of hydrogen-bond acceptors (Lipinski definition) is 2. The number of benzene rings is 1. The highest BCUT2D eigenvalue weighted by Crippen LogP contribution is 2.27. The van der Waals surface area contributed by atoms with Gasteiger partial charge < -0.3 is 5.32 Å². The van der Waals surface area contributed by atoms with Gasteiger partial charge in [-0.1, -0.05) is 36.9 Å². The van der Waals surface area contributed by atoms with E-state index in [4.69, 9.17) is 11.6 Å². The van der Waals surface area contributed by atoms with Gasteiger partial charge in [0.2, 0.25) is 0 Å². The normalized spacial score (nSPS) is 16.1. The Morgan fingerprint density at radius 3 is 2.80 bits per heavy atom. The number of carbonyl (C=O) groups excluding carboxylic acids is 1. The number of carbonyl (C=O) groups is 1. The van der Waals surface area contributed by atoms with E-state index < -0.39 is 0 Å². The van der Waals surface area contributed by atoms with Crippen LogP contribution in [0, 0.1) is 6.92 Å². The van der Waals surface area contributed by atoms with Crippen LogP contribution >= 0.6 is 23.4 Å². The van der Waals surface area contributed by atoms with Gasteiger partial charge in [0.05, 0.1) is 10.6 Å². The fourth-order valence-corrected chi connectivity index (χ4v) is 4.06. The van der Waals surface area contributed by atoms with Crippen LogP contribution in [0.15, 0.2) is 18.2 Å². The molecule has 2 rings (SSSR count). The Labute approximate surface area is 130 Å². The minimum absolute atomic E-state index is 0.0701. The standard InChI is InChI=1S/C16H22ClNOS/c1-12-7-8-14(15(17)11-12)16(19)18-9-10-20-13-5-3-2-4-6-13/h7-8,11,13H,2-6,9-10H2,1H3,(H,18,19). The lowest BCUT2D eigenvalue weighted by atomic mass is 10.0.